The van der Waals surface area contributed by atoms with Crippen LogP contribution in [0.25, 0.3) is 0 Å². The number of carbonyl (C=O) groups is 3. The average molecular weight is 412 g/mol. The first-order valence-electron chi connectivity index (χ1n) is 8.06. The Balaban J connectivity index is 1.45. The van der Waals surface area contributed by atoms with Crippen LogP contribution in [0, 0.1) is 23.7 Å². The lowest BCUT2D eigenvalue weighted by molar-refractivity contribution is -0.143. The Morgan fingerprint density at radius 3 is 2.42 bits per heavy atom. The zero-order valence-electron chi connectivity index (χ0n) is 12.8. The number of nitrogens with one attached hydrogen (secondary N) is 1. The molecule has 0 aromatic heterocycles. The van der Waals surface area contributed by atoms with Crippen LogP contribution in [0.5, 0.6) is 0 Å². The lowest BCUT2D eigenvalue weighted by atomic mass is 9.81. The van der Waals surface area contributed by atoms with Crippen molar-refractivity contribution in [2.24, 2.45) is 23.7 Å². The molecule has 5 nitrogen and oxygen atoms in total. The minimum Gasteiger partial charge on any atom is -0.324 e. The Bertz CT molecular complexity index is 725. The Labute approximate surface area is 152 Å². The molecule has 24 heavy (non-hydrogen) atoms. The second-order valence-corrected chi connectivity index (χ2v) is 8.09. The van der Waals surface area contributed by atoms with Gasteiger partial charge in [0.2, 0.25) is 17.7 Å². The zero-order valence-corrected chi connectivity index (χ0v) is 15.1. The number of hydrogen-bond acceptors (Lipinski definition) is 3. The van der Waals surface area contributed by atoms with Gasteiger partial charge in [0, 0.05) is 10.2 Å². The molecular formula is C17H16BrClN2O3. The molecule has 3 fully saturated rings. The van der Waals surface area contributed by atoms with Gasteiger partial charge in [-0.2, -0.15) is 0 Å². The van der Waals surface area contributed by atoms with Gasteiger partial charge in [-0.05, 0) is 65.2 Å². The molecule has 0 spiro atoms. The third kappa shape index (κ3) is 2.47. The fourth-order valence-electron chi connectivity index (χ4n) is 4.54. The van der Waals surface area contributed by atoms with Gasteiger partial charge in [0.25, 0.3) is 0 Å². The summed E-state index contributed by atoms with van der Waals surface area (Å²) in [6, 6.07) is 5.05. The molecule has 3 aliphatic rings. The van der Waals surface area contributed by atoms with E-state index in [0.717, 1.165) is 28.6 Å². The molecule has 1 aromatic carbocycles. The van der Waals surface area contributed by atoms with E-state index in [2.05, 4.69) is 21.2 Å². The van der Waals surface area contributed by atoms with E-state index >= 15 is 0 Å². The number of rotatable bonds is 3. The van der Waals surface area contributed by atoms with Gasteiger partial charge in [0.1, 0.15) is 6.54 Å². The van der Waals surface area contributed by atoms with E-state index in [1.54, 1.807) is 18.2 Å². The average Bonchev–Trinajstić information content (AvgIpc) is 3.21. The van der Waals surface area contributed by atoms with Crippen LogP contribution in [0.3, 0.4) is 0 Å². The Morgan fingerprint density at radius 2 is 1.83 bits per heavy atom. The Morgan fingerprint density at radius 1 is 1.21 bits per heavy atom. The number of amides is 3. The maximum atomic E-state index is 12.6. The summed E-state index contributed by atoms with van der Waals surface area (Å²) >= 11 is 9.29. The maximum absolute atomic E-state index is 12.6. The number of imide groups is 1. The van der Waals surface area contributed by atoms with E-state index in [-0.39, 0.29) is 36.1 Å². The van der Waals surface area contributed by atoms with Gasteiger partial charge in [-0.25, -0.2) is 0 Å². The number of likely N-dealkylation sites (tertiary alicyclic amines) is 1. The van der Waals surface area contributed by atoms with Crippen molar-refractivity contribution in [2.45, 2.75) is 19.3 Å². The molecule has 126 valence electrons. The van der Waals surface area contributed by atoms with Crippen molar-refractivity contribution >= 4 is 50.9 Å². The van der Waals surface area contributed by atoms with Crippen molar-refractivity contribution in [3.63, 3.8) is 0 Å². The number of carbonyl (C=O) groups excluding carboxylic acids is 3. The molecule has 0 radical (unpaired) electrons. The first-order chi connectivity index (χ1) is 11.5. The van der Waals surface area contributed by atoms with Crippen molar-refractivity contribution in [3.05, 3.63) is 27.7 Å². The van der Waals surface area contributed by atoms with Crippen molar-refractivity contribution in [1.82, 2.24) is 4.90 Å². The van der Waals surface area contributed by atoms with Crippen molar-refractivity contribution < 1.29 is 14.4 Å². The molecule has 2 aliphatic carbocycles. The molecule has 1 N–H and O–H groups in total. The van der Waals surface area contributed by atoms with E-state index in [0.29, 0.717) is 22.5 Å². The van der Waals surface area contributed by atoms with Gasteiger partial charge in [0.15, 0.2) is 0 Å². The highest BCUT2D eigenvalue weighted by atomic mass is 79.9. The number of nitrogens with zero attached hydrogens (tertiary/aromatic N) is 1. The fourth-order valence-corrected chi connectivity index (χ4v) is 4.97. The number of fused-ring (bicyclic) bond motifs is 5. The summed E-state index contributed by atoms with van der Waals surface area (Å²) in [7, 11) is 0. The first-order valence-corrected chi connectivity index (χ1v) is 9.23. The zero-order chi connectivity index (χ0) is 17.0. The van der Waals surface area contributed by atoms with Gasteiger partial charge < -0.3 is 5.32 Å². The monoisotopic (exact) mass is 410 g/mol. The highest BCUT2D eigenvalue weighted by Crippen LogP contribution is 2.56. The quantitative estimate of drug-likeness (QED) is 0.777. The molecule has 2 bridgehead atoms. The van der Waals surface area contributed by atoms with Crippen molar-refractivity contribution in [3.8, 4) is 0 Å². The van der Waals surface area contributed by atoms with Crippen LogP contribution in [0.4, 0.5) is 5.69 Å². The summed E-state index contributed by atoms with van der Waals surface area (Å²) in [6.07, 6.45) is 3.05. The summed E-state index contributed by atoms with van der Waals surface area (Å²) in [6.45, 7) is -0.224. The number of hydrogen-bond donors (Lipinski definition) is 1. The summed E-state index contributed by atoms with van der Waals surface area (Å²) in [5, 5.41) is 3.17. The third-order valence-electron chi connectivity index (χ3n) is 5.52. The predicted octanol–water partition coefficient (Wildman–Crippen LogP) is 3.07. The summed E-state index contributed by atoms with van der Waals surface area (Å²) < 4.78 is 0.732. The van der Waals surface area contributed by atoms with Gasteiger partial charge in [-0.15, -0.1) is 0 Å². The molecule has 1 aliphatic heterocycles. The molecule has 1 heterocycles. The standard InChI is InChI=1S/C17H16BrClN2O3/c18-11-4-3-10(6-12(11)19)20-13(22)7-21-16(23)14-8-1-2-9(5-8)15(14)17(21)24/h3-4,6,8-9,14-15H,1-2,5,7H2,(H,20,22)/t8-,9-,14-,15+/m0/s1. The molecule has 4 atom stereocenters. The maximum Gasteiger partial charge on any atom is 0.244 e. The van der Waals surface area contributed by atoms with E-state index in [1.807, 2.05) is 0 Å². The van der Waals surface area contributed by atoms with E-state index < -0.39 is 0 Å². The normalized spacial score (nSPS) is 30.8. The minimum atomic E-state index is -0.387. The van der Waals surface area contributed by atoms with Crippen molar-refractivity contribution in [2.75, 3.05) is 11.9 Å². The van der Waals surface area contributed by atoms with E-state index in [9.17, 15) is 14.4 Å². The molecule has 2 saturated carbocycles. The Hall–Kier alpha value is -1.40. The highest BCUT2D eigenvalue weighted by molar-refractivity contribution is 9.10. The Kier molecular flexibility index (Phi) is 3.92. The van der Waals surface area contributed by atoms with Crippen LogP contribution in [0.2, 0.25) is 5.02 Å². The van der Waals surface area contributed by atoms with Crippen LogP contribution < -0.4 is 5.32 Å². The molecular weight excluding hydrogens is 396 g/mol. The van der Waals surface area contributed by atoms with E-state index in [1.165, 1.54) is 0 Å². The topological polar surface area (TPSA) is 66.5 Å². The second-order valence-electron chi connectivity index (χ2n) is 6.82. The SMILES string of the molecule is O=C(CN1C(=O)[C@@H]2[C@H]3CC[C@@H](C3)[C@@H]2C1=O)Nc1ccc(Br)c(Cl)c1. The smallest absolute Gasteiger partial charge is 0.244 e. The van der Waals surface area contributed by atoms with Crippen molar-refractivity contribution in [1.29, 1.82) is 0 Å². The molecule has 4 rings (SSSR count). The van der Waals surface area contributed by atoms with Crippen LogP contribution in [0.1, 0.15) is 19.3 Å². The largest absolute Gasteiger partial charge is 0.324 e. The summed E-state index contributed by atoms with van der Waals surface area (Å²) in [5.74, 6) is -0.438. The molecule has 7 heteroatoms. The van der Waals surface area contributed by atoms with E-state index in [4.69, 9.17) is 11.6 Å². The molecule has 0 unspecified atom stereocenters. The van der Waals surface area contributed by atoms with Crippen LogP contribution in [0.15, 0.2) is 22.7 Å². The first kappa shape index (κ1) is 16.1. The second kappa shape index (κ2) is 5.85. The number of halogens is 2. The van der Waals surface area contributed by atoms with Crippen LogP contribution >= 0.6 is 27.5 Å². The fraction of sp³-hybridized carbons (Fsp3) is 0.471. The predicted molar refractivity (Wildman–Crippen MR) is 92.3 cm³/mol. The van der Waals surface area contributed by atoms with Gasteiger partial charge in [0.05, 0.1) is 16.9 Å². The minimum absolute atomic E-state index is 0.166. The summed E-state index contributed by atoms with van der Waals surface area (Å²) in [4.78, 5) is 38.5. The lowest BCUT2D eigenvalue weighted by Crippen LogP contribution is -2.39. The highest BCUT2D eigenvalue weighted by Gasteiger charge is 2.60. The summed E-state index contributed by atoms with van der Waals surface area (Å²) in [5.41, 5.74) is 0.535. The number of benzene rings is 1. The van der Waals surface area contributed by atoms with Crippen LogP contribution in [-0.4, -0.2) is 29.2 Å². The lowest BCUT2D eigenvalue weighted by Gasteiger charge is -2.19. The van der Waals surface area contributed by atoms with Gasteiger partial charge in [-0.1, -0.05) is 11.6 Å². The van der Waals surface area contributed by atoms with Gasteiger partial charge in [-0.3, -0.25) is 19.3 Å². The molecule has 1 aromatic rings. The van der Waals surface area contributed by atoms with Crippen LogP contribution in [-0.2, 0) is 14.4 Å². The molecule has 1 saturated heterocycles. The third-order valence-corrected chi connectivity index (χ3v) is 6.76. The molecule has 3 amide bonds. The number of anilines is 1. The van der Waals surface area contributed by atoms with Gasteiger partial charge >= 0.3 is 0 Å².